The highest BCUT2D eigenvalue weighted by Gasteiger charge is 2.25. The van der Waals surface area contributed by atoms with E-state index in [0.29, 0.717) is 12.3 Å². The van der Waals surface area contributed by atoms with Gasteiger partial charge < -0.3 is 10.0 Å². The highest BCUT2D eigenvalue weighted by atomic mass is 16.3. The minimum atomic E-state index is -0.963. The molecule has 0 aromatic carbocycles. The monoisotopic (exact) mass is 291 g/mol. The largest absolute Gasteiger partial charge is 0.389 e. The van der Waals surface area contributed by atoms with Gasteiger partial charge in [-0.3, -0.25) is 4.79 Å². The zero-order valence-electron chi connectivity index (χ0n) is 13.1. The number of fused-ring (bicyclic) bond motifs is 1. The zero-order chi connectivity index (χ0) is 15.8. The van der Waals surface area contributed by atoms with Crippen molar-refractivity contribution in [2.75, 3.05) is 13.1 Å². The lowest BCUT2D eigenvalue weighted by molar-refractivity contribution is 0.0308. The molecule has 2 aromatic heterocycles. The molecule has 0 bridgehead atoms. The average molecular weight is 291 g/mol. The molecule has 0 fully saturated rings. The third-order valence-corrected chi connectivity index (χ3v) is 3.06. The third kappa shape index (κ3) is 3.36. The van der Waals surface area contributed by atoms with E-state index in [0.717, 1.165) is 11.4 Å². The highest BCUT2D eigenvalue weighted by molar-refractivity contribution is 5.90. The Hall–Kier alpha value is -2.02. The van der Waals surface area contributed by atoms with Gasteiger partial charge in [-0.15, -0.1) is 5.10 Å². The molecule has 0 aliphatic rings. The second-order valence-corrected chi connectivity index (χ2v) is 5.82. The van der Waals surface area contributed by atoms with Crippen LogP contribution in [0.15, 0.2) is 6.07 Å². The van der Waals surface area contributed by atoms with E-state index in [2.05, 4.69) is 15.1 Å². The number of hydrogen-bond acceptors (Lipinski definition) is 5. The van der Waals surface area contributed by atoms with Gasteiger partial charge in [0.05, 0.1) is 5.60 Å². The molecule has 21 heavy (non-hydrogen) atoms. The van der Waals surface area contributed by atoms with Gasteiger partial charge >= 0.3 is 0 Å². The van der Waals surface area contributed by atoms with Crippen LogP contribution in [0.25, 0.3) is 5.78 Å². The molecule has 2 rings (SSSR count). The Morgan fingerprint density at radius 2 is 2.05 bits per heavy atom. The minimum absolute atomic E-state index is 0.0994. The van der Waals surface area contributed by atoms with Gasteiger partial charge in [0.2, 0.25) is 5.82 Å². The van der Waals surface area contributed by atoms with Crippen LogP contribution in [0.4, 0.5) is 0 Å². The maximum atomic E-state index is 12.5. The van der Waals surface area contributed by atoms with Crippen molar-refractivity contribution in [3.05, 3.63) is 23.3 Å². The van der Waals surface area contributed by atoms with Crippen molar-refractivity contribution in [3.8, 4) is 0 Å². The third-order valence-electron chi connectivity index (χ3n) is 3.06. The lowest BCUT2D eigenvalue weighted by Gasteiger charge is -2.27. The standard InChI is InChI=1S/C14H21N5O2/c1-6-18(8-14(4,5)21)12(20)11-16-13-15-9(2)7-10(3)19(13)17-11/h7,21H,6,8H2,1-5H3. The maximum Gasteiger partial charge on any atom is 0.293 e. The molecule has 0 saturated heterocycles. The molecule has 0 spiro atoms. The minimum Gasteiger partial charge on any atom is -0.389 e. The number of aryl methyl sites for hydroxylation is 2. The Morgan fingerprint density at radius 1 is 1.38 bits per heavy atom. The molecule has 2 heterocycles. The summed E-state index contributed by atoms with van der Waals surface area (Å²) in [4.78, 5) is 22.5. The van der Waals surface area contributed by atoms with E-state index in [1.54, 1.807) is 18.4 Å². The van der Waals surface area contributed by atoms with E-state index >= 15 is 0 Å². The lowest BCUT2D eigenvalue weighted by atomic mass is 10.1. The Bertz CT molecular complexity index is 672. The van der Waals surface area contributed by atoms with Gasteiger partial charge in [-0.05, 0) is 40.7 Å². The number of hydrogen-bond donors (Lipinski definition) is 1. The summed E-state index contributed by atoms with van der Waals surface area (Å²) >= 11 is 0. The molecule has 7 heteroatoms. The van der Waals surface area contributed by atoms with E-state index in [4.69, 9.17) is 0 Å². The number of nitrogens with zero attached hydrogens (tertiary/aromatic N) is 5. The van der Waals surface area contributed by atoms with Gasteiger partial charge in [0.15, 0.2) is 0 Å². The second kappa shape index (κ2) is 5.40. The van der Waals surface area contributed by atoms with Crippen molar-refractivity contribution in [2.24, 2.45) is 0 Å². The van der Waals surface area contributed by atoms with Crippen LogP contribution in [0.2, 0.25) is 0 Å². The first kappa shape index (κ1) is 15.4. The molecule has 0 atom stereocenters. The summed E-state index contributed by atoms with van der Waals surface area (Å²) in [7, 11) is 0. The molecule has 0 aliphatic heterocycles. The molecule has 0 aliphatic carbocycles. The first-order valence-electron chi connectivity index (χ1n) is 6.94. The predicted octanol–water partition coefficient (Wildman–Crippen LogP) is 0.974. The van der Waals surface area contributed by atoms with Crippen LogP contribution in [0.1, 0.15) is 42.8 Å². The number of likely N-dealkylation sites (N-methyl/N-ethyl adjacent to an activating group) is 1. The Balaban J connectivity index is 2.36. The number of amides is 1. The molecular weight excluding hydrogens is 270 g/mol. The van der Waals surface area contributed by atoms with Crippen molar-refractivity contribution in [2.45, 2.75) is 40.2 Å². The quantitative estimate of drug-likeness (QED) is 0.907. The fourth-order valence-corrected chi connectivity index (χ4v) is 2.19. The summed E-state index contributed by atoms with van der Waals surface area (Å²) in [5, 5.41) is 14.1. The van der Waals surface area contributed by atoms with Crippen LogP contribution in [0.5, 0.6) is 0 Å². The molecule has 7 nitrogen and oxygen atoms in total. The number of carbonyl (C=O) groups excluding carboxylic acids is 1. The van der Waals surface area contributed by atoms with Gasteiger partial charge in [-0.2, -0.15) is 4.98 Å². The molecule has 0 radical (unpaired) electrons. The maximum absolute atomic E-state index is 12.5. The smallest absolute Gasteiger partial charge is 0.293 e. The average Bonchev–Trinajstić information content (AvgIpc) is 2.78. The zero-order valence-corrected chi connectivity index (χ0v) is 13.1. The Kier molecular flexibility index (Phi) is 3.95. The topological polar surface area (TPSA) is 83.6 Å². The Labute approximate surface area is 123 Å². The first-order chi connectivity index (χ1) is 9.71. The van der Waals surface area contributed by atoms with E-state index in [1.807, 2.05) is 26.8 Å². The van der Waals surface area contributed by atoms with Crippen LogP contribution < -0.4 is 0 Å². The SMILES string of the molecule is CCN(CC(C)(C)O)C(=O)c1nc2nc(C)cc(C)n2n1. The van der Waals surface area contributed by atoms with Crippen molar-refractivity contribution in [1.82, 2.24) is 24.5 Å². The first-order valence-corrected chi connectivity index (χ1v) is 6.94. The fraction of sp³-hybridized carbons (Fsp3) is 0.571. The fourth-order valence-electron chi connectivity index (χ4n) is 2.19. The second-order valence-electron chi connectivity index (χ2n) is 5.82. The van der Waals surface area contributed by atoms with Crippen LogP contribution in [0.3, 0.4) is 0 Å². The summed E-state index contributed by atoms with van der Waals surface area (Å²) in [6, 6.07) is 1.88. The van der Waals surface area contributed by atoms with Crippen molar-refractivity contribution < 1.29 is 9.90 Å². The summed E-state index contributed by atoms with van der Waals surface area (Å²) < 4.78 is 1.55. The van der Waals surface area contributed by atoms with Gasteiger partial charge in [0, 0.05) is 24.5 Å². The molecular formula is C14H21N5O2. The van der Waals surface area contributed by atoms with Crippen LogP contribution >= 0.6 is 0 Å². The van der Waals surface area contributed by atoms with Crippen LogP contribution in [0, 0.1) is 13.8 Å². The molecule has 0 saturated carbocycles. The number of aromatic nitrogens is 4. The number of rotatable bonds is 4. The van der Waals surface area contributed by atoms with Gasteiger partial charge in [-0.1, -0.05) is 0 Å². The van der Waals surface area contributed by atoms with Crippen LogP contribution in [-0.4, -0.2) is 54.2 Å². The van der Waals surface area contributed by atoms with Crippen molar-refractivity contribution in [1.29, 1.82) is 0 Å². The van der Waals surface area contributed by atoms with Crippen molar-refractivity contribution in [3.63, 3.8) is 0 Å². The molecule has 114 valence electrons. The van der Waals surface area contributed by atoms with E-state index < -0.39 is 5.60 Å². The van der Waals surface area contributed by atoms with Crippen LogP contribution in [-0.2, 0) is 0 Å². The van der Waals surface area contributed by atoms with E-state index in [-0.39, 0.29) is 18.3 Å². The van der Waals surface area contributed by atoms with E-state index in [1.165, 1.54) is 4.90 Å². The summed E-state index contributed by atoms with van der Waals surface area (Å²) in [6.07, 6.45) is 0. The number of carbonyl (C=O) groups is 1. The Morgan fingerprint density at radius 3 is 2.62 bits per heavy atom. The molecule has 1 amide bonds. The van der Waals surface area contributed by atoms with Gasteiger partial charge in [0.25, 0.3) is 11.7 Å². The molecule has 2 aromatic rings. The number of aliphatic hydroxyl groups is 1. The van der Waals surface area contributed by atoms with E-state index in [9.17, 15) is 9.90 Å². The lowest BCUT2D eigenvalue weighted by Crippen LogP contribution is -2.42. The van der Waals surface area contributed by atoms with Gasteiger partial charge in [-0.25, -0.2) is 9.50 Å². The summed E-state index contributed by atoms with van der Waals surface area (Å²) in [5.74, 6) is 0.208. The van der Waals surface area contributed by atoms with Crippen molar-refractivity contribution >= 4 is 11.7 Å². The normalized spacial score (nSPS) is 11.9. The summed E-state index contributed by atoms with van der Waals surface area (Å²) in [6.45, 7) is 9.64. The predicted molar refractivity (Wildman–Crippen MR) is 78.1 cm³/mol. The molecule has 0 unspecified atom stereocenters. The summed E-state index contributed by atoms with van der Waals surface area (Å²) in [5.41, 5.74) is 0.736. The molecule has 1 N–H and O–H groups in total. The van der Waals surface area contributed by atoms with Gasteiger partial charge in [0.1, 0.15) is 0 Å². The highest BCUT2D eigenvalue weighted by Crippen LogP contribution is 2.10.